The molecule has 1 fully saturated rings. The van der Waals surface area contributed by atoms with Gasteiger partial charge >= 0.3 is 0 Å². The van der Waals surface area contributed by atoms with Crippen molar-refractivity contribution in [3.05, 3.63) is 0 Å². The second-order valence-electron chi connectivity index (χ2n) is 3.79. The van der Waals surface area contributed by atoms with E-state index in [4.69, 9.17) is 5.73 Å². The Morgan fingerprint density at radius 2 is 2.27 bits per heavy atom. The van der Waals surface area contributed by atoms with E-state index < -0.39 is 15.7 Å². The van der Waals surface area contributed by atoms with Crippen molar-refractivity contribution in [2.45, 2.75) is 6.04 Å². The summed E-state index contributed by atoms with van der Waals surface area (Å²) in [7, 11) is -2.99. The van der Waals surface area contributed by atoms with Crippen LogP contribution >= 0.6 is 0 Å². The number of rotatable bonds is 4. The van der Waals surface area contributed by atoms with E-state index in [0.29, 0.717) is 19.6 Å². The quantitative estimate of drug-likeness (QED) is 0.576. The van der Waals surface area contributed by atoms with Gasteiger partial charge in [-0.2, -0.15) is 0 Å². The number of carbonyl (C=O) groups excluding carboxylic acids is 1. The van der Waals surface area contributed by atoms with Gasteiger partial charge in [0.1, 0.15) is 15.9 Å². The topological polar surface area (TPSA) is 92.5 Å². The van der Waals surface area contributed by atoms with Crippen LogP contribution < -0.4 is 11.1 Å². The van der Waals surface area contributed by atoms with Crippen LogP contribution in [0.15, 0.2) is 0 Å². The fourth-order valence-corrected chi connectivity index (χ4v) is 2.14. The highest BCUT2D eigenvalue weighted by atomic mass is 32.2. The average molecular weight is 235 g/mol. The summed E-state index contributed by atoms with van der Waals surface area (Å²) in [5.41, 5.74) is 5.23. The number of nitrogens with zero attached hydrogens (tertiary/aromatic N) is 1. The molecule has 1 heterocycles. The van der Waals surface area contributed by atoms with Crippen LogP contribution in [0.3, 0.4) is 0 Å². The van der Waals surface area contributed by atoms with Crippen molar-refractivity contribution in [3.63, 3.8) is 0 Å². The van der Waals surface area contributed by atoms with Crippen molar-refractivity contribution in [2.24, 2.45) is 5.73 Å². The fourth-order valence-electron chi connectivity index (χ4n) is 1.58. The SMILES string of the molecule is CS(=O)(=O)CCN1CCNCC1C(N)=O. The third kappa shape index (κ3) is 4.15. The predicted molar refractivity (Wildman–Crippen MR) is 57.1 cm³/mol. The molecule has 7 heteroatoms. The lowest BCUT2D eigenvalue weighted by Crippen LogP contribution is -2.57. The normalized spacial score (nSPS) is 23.9. The molecule has 0 aromatic rings. The van der Waals surface area contributed by atoms with Gasteiger partial charge in [-0.15, -0.1) is 0 Å². The molecule has 1 aliphatic heterocycles. The maximum absolute atomic E-state index is 11.1. The van der Waals surface area contributed by atoms with Crippen LogP contribution in [0.4, 0.5) is 0 Å². The highest BCUT2D eigenvalue weighted by Gasteiger charge is 2.26. The summed E-state index contributed by atoms with van der Waals surface area (Å²) in [4.78, 5) is 12.9. The first-order chi connectivity index (χ1) is 6.90. The number of nitrogens with two attached hydrogens (primary N) is 1. The Morgan fingerprint density at radius 1 is 1.60 bits per heavy atom. The molecule has 1 unspecified atom stereocenters. The van der Waals surface area contributed by atoms with Crippen LogP contribution in [-0.2, 0) is 14.6 Å². The van der Waals surface area contributed by atoms with Gasteiger partial charge in [-0.3, -0.25) is 9.69 Å². The van der Waals surface area contributed by atoms with E-state index in [1.165, 1.54) is 6.26 Å². The number of piperazine rings is 1. The second-order valence-corrected chi connectivity index (χ2v) is 6.05. The summed E-state index contributed by atoms with van der Waals surface area (Å²) in [6, 6.07) is -0.388. The molecule has 0 saturated carbocycles. The van der Waals surface area contributed by atoms with Gasteiger partial charge < -0.3 is 11.1 Å². The summed E-state index contributed by atoms with van der Waals surface area (Å²) in [6.07, 6.45) is 1.19. The first kappa shape index (κ1) is 12.4. The van der Waals surface area contributed by atoms with E-state index in [-0.39, 0.29) is 11.8 Å². The molecule has 0 radical (unpaired) electrons. The van der Waals surface area contributed by atoms with Crippen molar-refractivity contribution >= 4 is 15.7 Å². The lowest BCUT2D eigenvalue weighted by molar-refractivity contribution is -0.123. The number of amides is 1. The first-order valence-corrected chi connectivity index (χ1v) is 6.88. The highest BCUT2D eigenvalue weighted by molar-refractivity contribution is 7.90. The van der Waals surface area contributed by atoms with Gasteiger partial charge in [0.05, 0.1) is 5.75 Å². The Hall–Kier alpha value is -0.660. The minimum atomic E-state index is -2.99. The molecule has 15 heavy (non-hydrogen) atoms. The smallest absolute Gasteiger partial charge is 0.236 e. The molecule has 1 rings (SSSR count). The number of sulfone groups is 1. The molecule has 0 bridgehead atoms. The lowest BCUT2D eigenvalue weighted by Gasteiger charge is -2.33. The van der Waals surface area contributed by atoms with Gasteiger partial charge in [0.15, 0.2) is 0 Å². The zero-order valence-corrected chi connectivity index (χ0v) is 9.59. The molecule has 0 aromatic heterocycles. The number of primary amides is 1. The van der Waals surface area contributed by atoms with Crippen molar-refractivity contribution in [3.8, 4) is 0 Å². The van der Waals surface area contributed by atoms with Gasteiger partial charge in [0.25, 0.3) is 0 Å². The molecule has 1 atom stereocenters. The molecular weight excluding hydrogens is 218 g/mol. The minimum Gasteiger partial charge on any atom is -0.368 e. The predicted octanol–water partition coefficient (Wildman–Crippen LogP) is -2.21. The molecule has 3 N–H and O–H groups in total. The van der Waals surface area contributed by atoms with Crippen molar-refractivity contribution in [1.29, 1.82) is 0 Å². The summed E-state index contributed by atoms with van der Waals surface area (Å²) in [6.45, 7) is 2.28. The van der Waals surface area contributed by atoms with E-state index in [1.54, 1.807) is 0 Å². The van der Waals surface area contributed by atoms with E-state index >= 15 is 0 Å². The summed E-state index contributed by atoms with van der Waals surface area (Å²) < 4.78 is 22.0. The maximum Gasteiger partial charge on any atom is 0.236 e. The number of hydrogen-bond acceptors (Lipinski definition) is 5. The molecule has 6 nitrogen and oxygen atoms in total. The van der Waals surface area contributed by atoms with Crippen molar-refractivity contribution in [2.75, 3.05) is 38.2 Å². The van der Waals surface area contributed by atoms with E-state index in [0.717, 1.165) is 6.54 Å². The van der Waals surface area contributed by atoms with Crippen molar-refractivity contribution < 1.29 is 13.2 Å². The number of nitrogens with one attached hydrogen (secondary N) is 1. The van der Waals surface area contributed by atoms with Crippen molar-refractivity contribution in [1.82, 2.24) is 10.2 Å². The highest BCUT2D eigenvalue weighted by Crippen LogP contribution is 2.03. The molecule has 1 aliphatic rings. The second kappa shape index (κ2) is 4.91. The van der Waals surface area contributed by atoms with Crippen LogP contribution in [-0.4, -0.2) is 63.5 Å². The van der Waals surface area contributed by atoms with Crippen LogP contribution in [0.25, 0.3) is 0 Å². The van der Waals surface area contributed by atoms with E-state index in [1.807, 2.05) is 4.90 Å². The third-order valence-electron chi connectivity index (χ3n) is 2.43. The Morgan fingerprint density at radius 3 is 2.80 bits per heavy atom. The van der Waals surface area contributed by atoms with E-state index in [2.05, 4.69) is 5.32 Å². The van der Waals surface area contributed by atoms with Crippen LogP contribution in [0.5, 0.6) is 0 Å². The molecular formula is C8H17N3O3S. The van der Waals surface area contributed by atoms with Crippen LogP contribution in [0, 0.1) is 0 Å². The zero-order chi connectivity index (χ0) is 11.5. The van der Waals surface area contributed by atoms with Gasteiger partial charge in [0, 0.05) is 32.4 Å². The van der Waals surface area contributed by atoms with Gasteiger partial charge in [0.2, 0.25) is 5.91 Å². The molecule has 1 saturated heterocycles. The first-order valence-electron chi connectivity index (χ1n) is 4.82. The van der Waals surface area contributed by atoms with Gasteiger partial charge in [-0.1, -0.05) is 0 Å². The van der Waals surface area contributed by atoms with Crippen LogP contribution in [0.2, 0.25) is 0 Å². The van der Waals surface area contributed by atoms with Gasteiger partial charge in [-0.25, -0.2) is 8.42 Å². The Bertz CT molecular complexity index is 328. The molecule has 0 spiro atoms. The largest absolute Gasteiger partial charge is 0.368 e. The number of hydrogen-bond donors (Lipinski definition) is 2. The Kier molecular flexibility index (Phi) is 4.06. The Labute approximate surface area is 89.7 Å². The third-order valence-corrected chi connectivity index (χ3v) is 3.36. The van der Waals surface area contributed by atoms with E-state index in [9.17, 15) is 13.2 Å². The molecule has 0 aliphatic carbocycles. The molecule has 88 valence electrons. The summed E-state index contributed by atoms with van der Waals surface area (Å²) >= 11 is 0. The number of carbonyl (C=O) groups is 1. The molecule has 0 aromatic carbocycles. The van der Waals surface area contributed by atoms with Crippen LogP contribution in [0.1, 0.15) is 0 Å². The zero-order valence-electron chi connectivity index (χ0n) is 8.77. The lowest BCUT2D eigenvalue weighted by atomic mass is 10.2. The summed E-state index contributed by atoms with van der Waals surface area (Å²) in [5, 5.41) is 3.05. The maximum atomic E-state index is 11.1. The van der Waals surface area contributed by atoms with Gasteiger partial charge in [-0.05, 0) is 0 Å². The standard InChI is InChI=1S/C8H17N3O3S/c1-15(13,14)5-4-11-3-2-10-6-7(11)8(9)12/h7,10H,2-6H2,1H3,(H2,9,12). The summed E-state index contributed by atoms with van der Waals surface area (Å²) in [5.74, 6) is -0.341. The minimum absolute atomic E-state index is 0.0663. The Balaban J connectivity index is 2.54. The molecule has 1 amide bonds. The fraction of sp³-hybridized carbons (Fsp3) is 0.875. The average Bonchev–Trinajstić information content (AvgIpc) is 2.14. The monoisotopic (exact) mass is 235 g/mol.